The highest BCUT2D eigenvalue weighted by atomic mass is 32.3. The normalized spacial score (nSPS) is 16.7. The van der Waals surface area contributed by atoms with Gasteiger partial charge < -0.3 is 31.9 Å². The number of rotatable bonds is 39. The van der Waals surface area contributed by atoms with E-state index in [0.717, 1.165) is 98.5 Å². The summed E-state index contributed by atoms with van der Waals surface area (Å²) in [6, 6.07) is 24.3. The number of aromatic nitrogens is 6. The SMILES string of the molecule is CC[C@@H](C)CSC1=C(SC[C@H](C)CC)SC(=C2SC=C(C(=O)Nc3cccnc3-c3ncccc3NC(=O)c3cc(C(=O)Nc4cccnc4-c4ncccc4NC(=O)C4=CSC(=C5SC(SC[C@H](C)CC)=C(SC[C@H](C)CC)S5)S4)cc(C(=O)Nc4cccnc4-c4ncccc4NC(=O)C4=CSC(=C5SC(SC[C@H](C)CC)=C(SC[C@H](C)CC)S5)S4)c3)S2)S1. The molecule has 0 spiro atoms. The van der Waals surface area contributed by atoms with Gasteiger partial charge in [-0.15, -0.1) is 70.6 Å². The monoisotopic (exact) mass is 2020 g/mol. The van der Waals surface area contributed by atoms with Crippen LogP contribution in [0.2, 0.25) is 0 Å². The molecule has 0 aliphatic carbocycles. The predicted molar refractivity (Wildman–Crippen MR) is 568 cm³/mol. The van der Waals surface area contributed by atoms with Crippen LogP contribution < -0.4 is 31.9 Å². The summed E-state index contributed by atoms with van der Waals surface area (Å²) in [5, 5.41) is 24.0. The number of carbonyl (C=O) groups is 6. The largest absolute Gasteiger partial charge is 0.320 e. The highest BCUT2D eigenvalue weighted by molar-refractivity contribution is 8.44. The van der Waals surface area contributed by atoms with Crippen LogP contribution in [-0.2, 0) is 14.4 Å². The van der Waals surface area contributed by atoms with Crippen molar-refractivity contribution in [3.05, 3.63) is 227 Å². The highest BCUT2D eigenvalue weighted by Crippen LogP contribution is 2.66. The zero-order valence-electron chi connectivity index (χ0n) is 71.3. The van der Waals surface area contributed by atoms with Crippen molar-refractivity contribution in [2.75, 3.05) is 66.4 Å². The van der Waals surface area contributed by atoms with Crippen molar-refractivity contribution in [3.63, 3.8) is 0 Å². The summed E-state index contributed by atoms with van der Waals surface area (Å²) in [4.78, 5) is 119. The van der Waals surface area contributed by atoms with Crippen LogP contribution in [0.1, 0.15) is 153 Å². The van der Waals surface area contributed by atoms with Crippen LogP contribution in [0.5, 0.6) is 0 Å². The summed E-state index contributed by atoms with van der Waals surface area (Å²) in [7, 11) is 0. The first-order valence-corrected chi connectivity index (χ1v) is 57.2. The summed E-state index contributed by atoms with van der Waals surface area (Å²) in [5.41, 5.74) is 2.75. The average Bonchev–Trinajstić information content (AvgIpc) is 1.11. The van der Waals surface area contributed by atoms with Gasteiger partial charge in [0, 0.05) is 88.4 Å². The Kier molecular flexibility index (Phi) is 37.9. The minimum Gasteiger partial charge on any atom is -0.320 e. The summed E-state index contributed by atoms with van der Waals surface area (Å²) in [6.45, 7) is 27.1. The molecule has 1 aromatic carbocycles. The molecule has 6 aromatic heterocycles. The number of benzene rings is 1. The first-order valence-electron chi connectivity index (χ1n) is 41.3. The zero-order chi connectivity index (χ0) is 88.9. The molecule has 18 nitrogen and oxygen atoms in total. The molecule has 660 valence electrons. The van der Waals surface area contributed by atoms with Crippen molar-refractivity contribution >= 4 is 281 Å². The van der Waals surface area contributed by atoms with E-state index in [9.17, 15) is 14.4 Å². The van der Waals surface area contributed by atoms with Gasteiger partial charge in [-0.1, -0.05) is 263 Å². The van der Waals surface area contributed by atoms with Crippen LogP contribution in [0.15, 0.2) is 210 Å². The first-order chi connectivity index (χ1) is 61.1. The molecule has 126 heavy (non-hydrogen) atoms. The second-order valence-electron chi connectivity index (χ2n) is 30.0. The number of carbonyl (C=O) groups excluding carboxylic acids is 6. The molecule has 0 saturated carbocycles. The van der Waals surface area contributed by atoms with Gasteiger partial charge in [-0.05, 0) is 143 Å². The Hall–Kier alpha value is -5.10. The van der Waals surface area contributed by atoms with Crippen LogP contribution in [0.4, 0.5) is 34.1 Å². The second-order valence-corrected chi connectivity index (χ2v) is 51.2. The number of pyridine rings is 6. The molecule has 0 fully saturated rings. The summed E-state index contributed by atoms with van der Waals surface area (Å²) < 4.78 is 14.6. The summed E-state index contributed by atoms with van der Waals surface area (Å²) in [6.07, 6.45) is 16.1. The Bertz CT molecular complexity index is 4950. The molecule has 6 N–H and O–H groups in total. The van der Waals surface area contributed by atoms with E-state index in [1.54, 1.807) is 216 Å². The fourth-order valence-electron chi connectivity index (χ4n) is 11.3. The fraction of sp³-hybridized carbons (Fsp3) is 0.333. The molecule has 6 aliphatic rings. The zero-order valence-corrected chi connectivity index (χ0v) is 86.0. The molecule has 6 amide bonds. The maximum Gasteiger partial charge on any atom is 0.263 e. The quantitative estimate of drug-likeness (QED) is 0.0209. The Morgan fingerprint density at radius 3 is 0.635 bits per heavy atom. The molecule has 0 radical (unpaired) electrons. The van der Waals surface area contributed by atoms with Gasteiger partial charge in [-0.3, -0.25) is 58.7 Å². The van der Waals surface area contributed by atoms with Gasteiger partial charge in [0.05, 0.1) is 99.7 Å². The van der Waals surface area contributed by atoms with E-state index < -0.39 is 17.7 Å². The third-order valence-corrected chi connectivity index (χ3v) is 47.3. The Morgan fingerprint density at radius 2 is 0.452 bits per heavy atom. The topological polar surface area (TPSA) is 252 Å². The van der Waals surface area contributed by atoms with E-state index in [0.29, 0.717) is 67.3 Å². The van der Waals surface area contributed by atoms with Crippen LogP contribution in [0.3, 0.4) is 0 Å². The Labute approximate surface area is 815 Å². The third-order valence-electron chi connectivity index (χ3n) is 20.1. The lowest BCUT2D eigenvalue weighted by molar-refractivity contribution is -0.113. The van der Waals surface area contributed by atoms with Crippen molar-refractivity contribution in [3.8, 4) is 34.2 Å². The van der Waals surface area contributed by atoms with Crippen molar-refractivity contribution in [1.82, 2.24) is 29.9 Å². The maximum absolute atomic E-state index is 15.3. The van der Waals surface area contributed by atoms with E-state index in [1.165, 1.54) is 78.9 Å². The molecule has 6 aliphatic heterocycles. The predicted octanol–water partition coefficient (Wildman–Crippen LogP) is 29.5. The summed E-state index contributed by atoms with van der Waals surface area (Å²) >= 11 is 31.3. The molecular weight excluding hydrogens is 1920 g/mol. The van der Waals surface area contributed by atoms with Gasteiger partial charge in [0.25, 0.3) is 35.4 Å². The van der Waals surface area contributed by atoms with E-state index in [-0.39, 0.29) is 85.6 Å². The van der Waals surface area contributed by atoms with Gasteiger partial charge >= 0.3 is 0 Å². The number of thioether (sulfide) groups is 18. The molecule has 0 unspecified atom stereocenters. The van der Waals surface area contributed by atoms with E-state index in [2.05, 4.69) is 115 Å². The number of amides is 6. The van der Waals surface area contributed by atoms with E-state index in [1.807, 2.05) is 86.8 Å². The van der Waals surface area contributed by atoms with Crippen LogP contribution in [-0.4, -0.2) is 99.9 Å². The number of hydrogen-bond acceptors (Lipinski definition) is 30. The Balaban J connectivity index is 0.757. The third kappa shape index (κ3) is 26.5. The van der Waals surface area contributed by atoms with Gasteiger partial charge in [-0.2, -0.15) is 0 Å². The molecule has 0 bridgehead atoms. The highest BCUT2D eigenvalue weighted by Gasteiger charge is 2.36. The van der Waals surface area contributed by atoms with Crippen molar-refractivity contribution in [2.45, 2.75) is 122 Å². The van der Waals surface area contributed by atoms with E-state index >= 15 is 14.4 Å². The van der Waals surface area contributed by atoms with Crippen molar-refractivity contribution < 1.29 is 28.8 Å². The van der Waals surface area contributed by atoms with Gasteiger partial charge in [0.15, 0.2) is 0 Å². The smallest absolute Gasteiger partial charge is 0.263 e. The minimum atomic E-state index is -0.737. The molecular formula is C90H96N12O6S18. The number of hydrogen-bond donors (Lipinski definition) is 6. The molecule has 12 heterocycles. The maximum atomic E-state index is 15.3. The lowest BCUT2D eigenvalue weighted by atomic mass is 10.0. The van der Waals surface area contributed by atoms with Crippen LogP contribution >= 0.6 is 212 Å². The second kappa shape index (κ2) is 48.5. The molecule has 7 aromatic rings. The van der Waals surface area contributed by atoms with Gasteiger partial charge in [0.1, 0.15) is 34.2 Å². The van der Waals surface area contributed by atoms with Gasteiger partial charge in [0.2, 0.25) is 0 Å². The fourth-order valence-corrected chi connectivity index (χ4v) is 37.2. The summed E-state index contributed by atoms with van der Waals surface area (Å²) in [5.74, 6) is 6.51. The molecule has 6 atom stereocenters. The number of nitrogens with zero attached hydrogens (tertiary/aromatic N) is 6. The molecule has 13 rings (SSSR count). The van der Waals surface area contributed by atoms with Crippen molar-refractivity contribution in [2.24, 2.45) is 35.5 Å². The van der Waals surface area contributed by atoms with E-state index in [4.69, 9.17) is 29.9 Å². The minimum absolute atomic E-state index is 0.109. The lowest BCUT2D eigenvalue weighted by Gasteiger charge is -2.16. The van der Waals surface area contributed by atoms with Crippen molar-refractivity contribution in [1.29, 1.82) is 0 Å². The standard InChI is InChI=1S/C90H96N12O6S18/c1-13-49(7)40-109-79-80(110-41-50(8)14-2)122-88(121-79)85-115-46-64(118-85)76(106)100-61-28-22-34-94-70(61)67-58(25-19-31-91-67)97-73(103)55-37-56(74(104)98-59-26-20-32-92-68(59)71-62(29-23-35-95-71)101-77(107)65-47-116-86(119-65)89-123-81(111-42-51(9)15-3)82(124-89)112-43-52(10)16-4)39-57(38-55)75(105)99-60-27-21-33-93-69(60)72-63(30-24-36-96-72)102-78(108)66-48-117-87(120-66)90-125-83(113-44-53(11)17-5)84(126-90)114-45-54(12)18-6/h19-39,46-54H,13-18,40-45H2,1-12H3,(H,97,103)(H,98,104)(H,99,105)(H,100,106)(H,101,107)(H,102,108)/t49-,50-,51-,52-,53-,54-/m1/s1. The van der Waals surface area contributed by atoms with Crippen LogP contribution in [0.25, 0.3) is 34.2 Å². The lowest BCUT2D eigenvalue weighted by Crippen LogP contribution is -2.20. The van der Waals surface area contributed by atoms with Crippen LogP contribution in [0, 0.1) is 35.5 Å². The number of anilines is 6. The number of nitrogens with one attached hydrogen (secondary N) is 6. The average molecular weight is 2020 g/mol. The molecule has 36 heteroatoms. The Morgan fingerprint density at radius 1 is 0.270 bits per heavy atom. The molecule has 0 saturated heterocycles. The van der Waals surface area contributed by atoms with Gasteiger partial charge in [-0.25, -0.2) is 0 Å². The first kappa shape index (κ1) is 98.4.